The van der Waals surface area contributed by atoms with Crippen molar-refractivity contribution < 1.29 is 0 Å². The SMILES string of the molecule is CC1(C)c2ccccc2-c2cc3c(-c4ccc(-c5ccccc5)cc4)c4ccc(-c5nc6ccccc6n5-c5ccccc5)cc4c(-c4ccc(-c5ccccc5)cc4)c3cc21. The van der Waals surface area contributed by atoms with E-state index in [9.17, 15) is 0 Å². The molecular formula is C60H42N2. The highest BCUT2D eigenvalue weighted by molar-refractivity contribution is 6.23. The van der Waals surface area contributed by atoms with Gasteiger partial charge in [0.1, 0.15) is 5.82 Å². The number of benzene rings is 10. The molecule has 1 aliphatic rings. The van der Waals surface area contributed by atoms with Crippen LogP contribution in [-0.4, -0.2) is 9.55 Å². The number of fused-ring (bicyclic) bond motifs is 6. The van der Waals surface area contributed by atoms with E-state index < -0.39 is 0 Å². The van der Waals surface area contributed by atoms with Crippen molar-refractivity contribution in [2.75, 3.05) is 0 Å². The second-order valence-corrected chi connectivity index (χ2v) is 17.1. The molecule has 11 aromatic rings. The Hall–Kier alpha value is -7.81. The Morgan fingerprint density at radius 2 is 0.839 bits per heavy atom. The Bertz CT molecular complexity index is 3490. The summed E-state index contributed by atoms with van der Waals surface area (Å²) in [4.78, 5) is 5.35. The van der Waals surface area contributed by atoms with Crippen LogP contribution in [0.3, 0.4) is 0 Å². The van der Waals surface area contributed by atoms with Gasteiger partial charge in [-0.2, -0.15) is 0 Å². The zero-order valence-electron chi connectivity index (χ0n) is 34.7. The molecule has 2 heteroatoms. The third kappa shape index (κ3) is 5.68. The van der Waals surface area contributed by atoms with Crippen LogP contribution in [0.25, 0.3) is 105 Å². The van der Waals surface area contributed by atoms with E-state index in [2.05, 4.69) is 237 Å². The molecule has 0 fully saturated rings. The Kier molecular flexibility index (Phi) is 8.23. The van der Waals surface area contributed by atoms with Gasteiger partial charge in [-0.15, -0.1) is 0 Å². The van der Waals surface area contributed by atoms with E-state index in [-0.39, 0.29) is 5.41 Å². The summed E-state index contributed by atoms with van der Waals surface area (Å²) in [6.45, 7) is 4.77. The number of nitrogens with zero attached hydrogens (tertiary/aromatic N) is 2. The first kappa shape index (κ1) is 36.1. The van der Waals surface area contributed by atoms with Gasteiger partial charge >= 0.3 is 0 Å². The number of hydrogen-bond acceptors (Lipinski definition) is 1. The number of rotatable bonds is 6. The minimum absolute atomic E-state index is 0.163. The lowest BCUT2D eigenvalue weighted by molar-refractivity contribution is 0.661. The maximum atomic E-state index is 5.35. The lowest BCUT2D eigenvalue weighted by Gasteiger charge is -2.24. The smallest absolute Gasteiger partial charge is 0.145 e. The maximum Gasteiger partial charge on any atom is 0.145 e. The molecular weight excluding hydrogens is 749 g/mol. The van der Waals surface area contributed by atoms with E-state index in [1.165, 1.54) is 88.3 Å². The van der Waals surface area contributed by atoms with Crippen molar-refractivity contribution in [3.63, 3.8) is 0 Å². The monoisotopic (exact) mass is 790 g/mol. The molecule has 10 aromatic carbocycles. The van der Waals surface area contributed by atoms with Gasteiger partial charge in [0.15, 0.2) is 0 Å². The van der Waals surface area contributed by atoms with Crippen molar-refractivity contribution in [2.45, 2.75) is 19.3 Å². The van der Waals surface area contributed by atoms with Crippen LogP contribution in [0, 0.1) is 0 Å². The van der Waals surface area contributed by atoms with Gasteiger partial charge in [-0.3, -0.25) is 4.57 Å². The number of para-hydroxylation sites is 3. The van der Waals surface area contributed by atoms with E-state index in [1.807, 2.05) is 0 Å². The summed E-state index contributed by atoms with van der Waals surface area (Å²) in [5.74, 6) is 0.920. The van der Waals surface area contributed by atoms with Crippen LogP contribution in [0.1, 0.15) is 25.0 Å². The molecule has 0 bridgehead atoms. The second kappa shape index (κ2) is 14.1. The Labute approximate surface area is 362 Å². The summed E-state index contributed by atoms with van der Waals surface area (Å²) in [7, 11) is 0. The van der Waals surface area contributed by atoms with Gasteiger partial charge in [0.05, 0.1) is 11.0 Å². The topological polar surface area (TPSA) is 17.8 Å². The molecule has 0 unspecified atom stereocenters. The fourth-order valence-electron chi connectivity index (χ4n) is 10.2. The van der Waals surface area contributed by atoms with Crippen LogP contribution in [0.5, 0.6) is 0 Å². The van der Waals surface area contributed by atoms with Gasteiger partial charge in [-0.1, -0.05) is 190 Å². The maximum absolute atomic E-state index is 5.35. The lowest BCUT2D eigenvalue weighted by Crippen LogP contribution is -2.14. The molecule has 292 valence electrons. The Morgan fingerprint density at radius 1 is 0.355 bits per heavy atom. The number of hydrogen-bond donors (Lipinski definition) is 0. The van der Waals surface area contributed by atoms with Crippen LogP contribution in [-0.2, 0) is 5.41 Å². The molecule has 0 radical (unpaired) electrons. The molecule has 0 aliphatic heterocycles. The van der Waals surface area contributed by atoms with E-state index in [4.69, 9.17) is 4.98 Å². The summed E-state index contributed by atoms with van der Waals surface area (Å²) < 4.78 is 2.31. The van der Waals surface area contributed by atoms with Gasteiger partial charge in [-0.25, -0.2) is 4.98 Å². The highest BCUT2D eigenvalue weighted by Crippen LogP contribution is 2.53. The molecule has 12 rings (SSSR count). The molecule has 0 amide bonds. The molecule has 0 saturated carbocycles. The van der Waals surface area contributed by atoms with E-state index in [1.54, 1.807) is 0 Å². The predicted molar refractivity (Wildman–Crippen MR) is 261 cm³/mol. The first-order valence-electron chi connectivity index (χ1n) is 21.5. The lowest BCUT2D eigenvalue weighted by atomic mass is 9.79. The summed E-state index contributed by atoms with van der Waals surface area (Å²) in [5, 5.41) is 4.91. The van der Waals surface area contributed by atoms with Crippen LogP contribution in [0.4, 0.5) is 0 Å². The van der Waals surface area contributed by atoms with Crippen molar-refractivity contribution in [2.24, 2.45) is 0 Å². The van der Waals surface area contributed by atoms with Gasteiger partial charge in [0, 0.05) is 16.7 Å². The van der Waals surface area contributed by atoms with E-state index in [0.29, 0.717) is 0 Å². The highest BCUT2D eigenvalue weighted by Gasteiger charge is 2.36. The van der Waals surface area contributed by atoms with Crippen molar-refractivity contribution in [3.05, 3.63) is 230 Å². The largest absolute Gasteiger partial charge is 0.292 e. The molecule has 2 nitrogen and oxygen atoms in total. The van der Waals surface area contributed by atoms with Gasteiger partial charge in [0.2, 0.25) is 0 Å². The third-order valence-electron chi connectivity index (χ3n) is 13.2. The summed E-state index contributed by atoms with van der Waals surface area (Å²) in [6, 6.07) is 79.9. The normalized spacial score (nSPS) is 12.8. The van der Waals surface area contributed by atoms with Crippen LogP contribution >= 0.6 is 0 Å². The molecule has 62 heavy (non-hydrogen) atoms. The summed E-state index contributed by atoms with van der Waals surface area (Å²) in [5.41, 5.74) is 19.1. The van der Waals surface area contributed by atoms with Gasteiger partial charge in [0.25, 0.3) is 0 Å². The zero-order chi connectivity index (χ0) is 41.4. The second-order valence-electron chi connectivity index (χ2n) is 17.1. The number of aromatic nitrogens is 2. The minimum Gasteiger partial charge on any atom is -0.292 e. The molecule has 0 atom stereocenters. The molecule has 1 aliphatic carbocycles. The quantitative estimate of drug-likeness (QED) is 0.153. The summed E-state index contributed by atoms with van der Waals surface area (Å²) in [6.07, 6.45) is 0. The first-order valence-corrected chi connectivity index (χ1v) is 21.5. The van der Waals surface area contributed by atoms with Crippen molar-refractivity contribution in [1.29, 1.82) is 0 Å². The first-order chi connectivity index (χ1) is 30.5. The van der Waals surface area contributed by atoms with Gasteiger partial charge in [-0.05, 0) is 131 Å². The van der Waals surface area contributed by atoms with Gasteiger partial charge < -0.3 is 0 Å². The minimum atomic E-state index is -0.163. The number of imidazole rings is 1. The average Bonchev–Trinajstić information content (AvgIpc) is 3.83. The molecule has 0 N–H and O–H groups in total. The molecule has 0 spiro atoms. The van der Waals surface area contributed by atoms with Crippen LogP contribution in [0.15, 0.2) is 218 Å². The molecule has 1 heterocycles. The van der Waals surface area contributed by atoms with Crippen LogP contribution < -0.4 is 0 Å². The highest BCUT2D eigenvalue weighted by atomic mass is 15.1. The fourth-order valence-corrected chi connectivity index (χ4v) is 10.2. The Morgan fingerprint density at radius 3 is 1.50 bits per heavy atom. The van der Waals surface area contributed by atoms with E-state index >= 15 is 0 Å². The molecule has 1 aromatic heterocycles. The predicted octanol–water partition coefficient (Wildman–Crippen LogP) is 16.0. The fraction of sp³-hybridized carbons (Fsp3) is 0.0500. The third-order valence-corrected chi connectivity index (χ3v) is 13.2. The van der Waals surface area contributed by atoms with Crippen molar-refractivity contribution in [1.82, 2.24) is 9.55 Å². The van der Waals surface area contributed by atoms with Crippen molar-refractivity contribution >= 4 is 32.6 Å². The standard InChI is InChI=1S/C60H42N2/c1-60(2)53-23-13-12-22-47(53)49-37-51-52(38-54(49)60)58(44-32-28-42(29-33-44)40-18-8-4-9-19-40)50-36-45(59-61-55-24-14-15-25-56(55)62(59)46-20-10-5-11-21-46)34-35-48(50)57(51)43-30-26-41(27-31-43)39-16-6-3-7-17-39/h3-38H,1-2H3. The zero-order valence-corrected chi connectivity index (χ0v) is 34.7. The van der Waals surface area contributed by atoms with E-state index in [0.717, 1.165) is 28.1 Å². The van der Waals surface area contributed by atoms with Crippen molar-refractivity contribution in [3.8, 4) is 72.7 Å². The summed E-state index contributed by atoms with van der Waals surface area (Å²) >= 11 is 0. The molecule has 0 saturated heterocycles. The van der Waals surface area contributed by atoms with Crippen LogP contribution in [0.2, 0.25) is 0 Å². The average molecular weight is 791 g/mol. The Balaban J connectivity index is 1.19.